The van der Waals surface area contributed by atoms with E-state index in [-0.39, 0.29) is 18.1 Å². The molecule has 0 N–H and O–H groups in total. The maximum absolute atomic E-state index is 12.7. The first kappa shape index (κ1) is 27.1. The number of thioether (sulfide) groups is 1. The molecule has 34 heavy (non-hydrogen) atoms. The Labute approximate surface area is 228 Å². The largest absolute Gasteiger partial charge is 0.486 e. The van der Waals surface area contributed by atoms with E-state index >= 15 is 0 Å². The Morgan fingerprint density at radius 2 is 1.85 bits per heavy atom. The number of carbonyl (C=O) groups excluding carboxylic acids is 3. The fourth-order valence-corrected chi connectivity index (χ4v) is 5.63. The van der Waals surface area contributed by atoms with Crippen LogP contribution in [0.3, 0.4) is 0 Å². The highest BCUT2D eigenvalue weighted by atomic mass is 79.9. The van der Waals surface area contributed by atoms with Crippen LogP contribution >= 0.6 is 66.8 Å². The van der Waals surface area contributed by atoms with E-state index in [0.29, 0.717) is 30.3 Å². The molecule has 0 atom stereocenters. The van der Waals surface area contributed by atoms with Crippen LogP contribution in [-0.4, -0.2) is 35.2 Å². The van der Waals surface area contributed by atoms with E-state index in [0.717, 1.165) is 35.1 Å². The average molecular weight is 652 g/mol. The lowest BCUT2D eigenvalue weighted by Gasteiger charge is -2.13. The second-order valence-electron chi connectivity index (χ2n) is 7.18. The molecule has 0 saturated carbocycles. The molecule has 11 heteroatoms. The van der Waals surface area contributed by atoms with Crippen molar-refractivity contribution in [2.24, 2.45) is 0 Å². The third-order valence-electron chi connectivity index (χ3n) is 4.63. The number of unbranched alkanes of at least 4 members (excludes halogenated alkanes) is 1. The summed E-state index contributed by atoms with van der Waals surface area (Å²) in [4.78, 5) is 38.0. The molecule has 1 aliphatic heterocycles. The molecule has 1 heterocycles. The summed E-state index contributed by atoms with van der Waals surface area (Å²) in [6, 6.07) is 8.69. The molecule has 0 radical (unpaired) electrons. The van der Waals surface area contributed by atoms with Crippen LogP contribution < -0.4 is 4.74 Å². The summed E-state index contributed by atoms with van der Waals surface area (Å²) in [5.41, 5.74) is 1.43. The highest BCUT2D eigenvalue weighted by Crippen LogP contribution is 2.38. The number of hydrogen-bond donors (Lipinski definition) is 0. The first-order valence-corrected chi connectivity index (χ1v) is 13.3. The molecule has 1 aliphatic rings. The summed E-state index contributed by atoms with van der Waals surface area (Å²) < 4.78 is 12.2. The fourth-order valence-electron chi connectivity index (χ4n) is 2.88. The molecular formula is C23H19Br2Cl2NO5S. The van der Waals surface area contributed by atoms with Gasteiger partial charge in [-0.1, -0.05) is 42.6 Å². The molecule has 180 valence electrons. The summed E-state index contributed by atoms with van der Waals surface area (Å²) in [6.45, 7) is 2.06. The summed E-state index contributed by atoms with van der Waals surface area (Å²) in [5.74, 6) is -0.594. The standard InChI is InChI=1S/C23H19Br2Cl2NO5S/c1-2-3-6-32-20(29)11-28-22(30)19(34-23(28)31)9-13-7-16(24)21(17(25)8-13)33-12-14-4-5-15(26)10-18(14)27/h4-5,7-10H,2-3,6,11-12H2,1H3/b19-9+. The monoisotopic (exact) mass is 649 g/mol. The van der Waals surface area contributed by atoms with Gasteiger partial charge in [0.05, 0.1) is 20.5 Å². The van der Waals surface area contributed by atoms with Crippen molar-refractivity contribution in [3.8, 4) is 5.75 Å². The van der Waals surface area contributed by atoms with E-state index in [9.17, 15) is 14.4 Å². The van der Waals surface area contributed by atoms with Gasteiger partial charge in [0.15, 0.2) is 0 Å². The Hall–Kier alpha value is -1.52. The van der Waals surface area contributed by atoms with Gasteiger partial charge >= 0.3 is 5.97 Å². The van der Waals surface area contributed by atoms with E-state index in [4.69, 9.17) is 32.7 Å². The van der Waals surface area contributed by atoms with Crippen LogP contribution in [0.2, 0.25) is 10.0 Å². The van der Waals surface area contributed by atoms with Gasteiger partial charge in [-0.3, -0.25) is 19.3 Å². The third-order valence-corrected chi connectivity index (χ3v) is 7.30. The smallest absolute Gasteiger partial charge is 0.326 e. The molecule has 2 amide bonds. The predicted octanol–water partition coefficient (Wildman–Crippen LogP) is 7.48. The molecule has 0 aromatic heterocycles. The molecule has 2 aromatic carbocycles. The number of esters is 1. The van der Waals surface area contributed by atoms with Gasteiger partial charge in [0.2, 0.25) is 0 Å². The lowest BCUT2D eigenvalue weighted by molar-refractivity contribution is -0.146. The van der Waals surface area contributed by atoms with Crippen LogP contribution in [0.1, 0.15) is 30.9 Å². The van der Waals surface area contributed by atoms with Crippen molar-refractivity contribution in [1.29, 1.82) is 0 Å². The number of hydrogen-bond acceptors (Lipinski definition) is 6. The number of ether oxygens (including phenoxy) is 2. The molecule has 1 fully saturated rings. The van der Waals surface area contributed by atoms with Crippen LogP contribution in [0.4, 0.5) is 4.79 Å². The number of carbonyl (C=O) groups is 3. The minimum Gasteiger partial charge on any atom is -0.486 e. The van der Waals surface area contributed by atoms with Crippen molar-refractivity contribution in [2.45, 2.75) is 26.4 Å². The summed E-state index contributed by atoms with van der Waals surface area (Å²) >= 11 is 19.9. The number of nitrogens with zero attached hydrogens (tertiary/aromatic N) is 1. The van der Waals surface area contributed by atoms with Gasteiger partial charge in [0.1, 0.15) is 18.9 Å². The maximum atomic E-state index is 12.7. The number of benzene rings is 2. The zero-order valence-corrected chi connectivity index (χ0v) is 23.4. The van der Waals surface area contributed by atoms with E-state index in [1.807, 2.05) is 6.92 Å². The van der Waals surface area contributed by atoms with Crippen LogP contribution in [-0.2, 0) is 20.9 Å². The summed E-state index contributed by atoms with van der Waals surface area (Å²) in [6.07, 6.45) is 3.19. The minimum atomic E-state index is -0.607. The van der Waals surface area contributed by atoms with Crippen molar-refractivity contribution >= 4 is 90.0 Å². The molecule has 2 aromatic rings. The van der Waals surface area contributed by atoms with Gasteiger partial charge in [-0.15, -0.1) is 0 Å². The second-order valence-corrected chi connectivity index (χ2v) is 10.7. The van der Waals surface area contributed by atoms with Crippen molar-refractivity contribution in [1.82, 2.24) is 4.90 Å². The molecule has 6 nitrogen and oxygen atoms in total. The van der Waals surface area contributed by atoms with E-state index < -0.39 is 23.7 Å². The van der Waals surface area contributed by atoms with Gasteiger partial charge in [-0.2, -0.15) is 0 Å². The fraction of sp³-hybridized carbons (Fsp3) is 0.261. The predicted molar refractivity (Wildman–Crippen MR) is 141 cm³/mol. The SMILES string of the molecule is CCCCOC(=O)CN1C(=O)S/C(=C/c2cc(Br)c(OCc3ccc(Cl)cc3Cl)c(Br)c2)C1=O. The Morgan fingerprint density at radius 3 is 2.50 bits per heavy atom. The van der Waals surface area contributed by atoms with Gasteiger partial charge < -0.3 is 9.47 Å². The molecule has 1 saturated heterocycles. The number of rotatable bonds is 9. The first-order chi connectivity index (χ1) is 16.2. The minimum absolute atomic E-state index is 0.215. The van der Waals surface area contributed by atoms with Gasteiger partial charge in [0, 0.05) is 15.6 Å². The summed E-state index contributed by atoms with van der Waals surface area (Å²) in [5, 5.41) is 0.529. The van der Waals surface area contributed by atoms with Crippen LogP contribution in [0.15, 0.2) is 44.2 Å². The quantitative estimate of drug-likeness (QED) is 0.159. The normalized spacial score (nSPS) is 14.7. The highest BCUT2D eigenvalue weighted by molar-refractivity contribution is 9.11. The number of halogens is 4. The molecule has 0 aliphatic carbocycles. The first-order valence-electron chi connectivity index (χ1n) is 10.2. The zero-order chi connectivity index (χ0) is 24.8. The van der Waals surface area contributed by atoms with Crippen molar-refractivity contribution in [2.75, 3.05) is 13.2 Å². The Morgan fingerprint density at radius 1 is 1.15 bits per heavy atom. The Kier molecular flexibility index (Phi) is 9.91. The molecule has 0 bridgehead atoms. The molecular weight excluding hydrogens is 633 g/mol. The van der Waals surface area contributed by atoms with Crippen molar-refractivity contribution < 1.29 is 23.9 Å². The highest BCUT2D eigenvalue weighted by Gasteiger charge is 2.36. The topological polar surface area (TPSA) is 72.9 Å². The van der Waals surface area contributed by atoms with Gasteiger partial charge in [0.25, 0.3) is 11.1 Å². The van der Waals surface area contributed by atoms with Crippen LogP contribution in [0.5, 0.6) is 5.75 Å². The van der Waals surface area contributed by atoms with Crippen molar-refractivity contribution in [3.63, 3.8) is 0 Å². The molecule has 0 spiro atoms. The van der Waals surface area contributed by atoms with E-state index in [2.05, 4.69) is 31.9 Å². The molecule has 3 rings (SSSR count). The van der Waals surface area contributed by atoms with Crippen LogP contribution in [0.25, 0.3) is 6.08 Å². The Bertz CT molecular complexity index is 1140. The number of amides is 2. The lowest BCUT2D eigenvalue weighted by atomic mass is 10.2. The van der Waals surface area contributed by atoms with Gasteiger partial charge in [-0.05, 0) is 85.9 Å². The lowest BCUT2D eigenvalue weighted by Crippen LogP contribution is -2.34. The zero-order valence-electron chi connectivity index (χ0n) is 17.9. The van der Waals surface area contributed by atoms with Gasteiger partial charge in [-0.25, -0.2) is 0 Å². The Balaban J connectivity index is 1.70. The third kappa shape index (κ3) is 7.01. The molecule has 0 unspecified atom stereocenters. The van der Waals surface area contributed by atoms with E-state index in [1.54, 1.807) is 36.4 Å². The maximum Gasteiger partial charge on any atom is 0.326 e. The van der Waals surface area contributed by atoms with Crippen LogP contribution in [0, 0.1) is 0 Å². The van der Waals surface area contributed by atoms with E-state index in [1.165, 1.54) is 0 Å². The number of imide groups is 1. The van der Waals surface area contributed by atoms with Crippen molar-refractivity contribution in [3.05, 3.63) is 65.4 Å². The second kappa shape index (κ2) is 12.4. The average Bonchev–Trinajstić information content (AvgIpc) is 3.02. The summed E-state index contributed by atoms with van der Waals surface area (Å²) in [7, 11) is 0.